The van der Waals surface area contributed by atoms with Crippen molar-refractivity contribution in [3.63, 3.8) is 0 Å². The third kappa shape index (κ3) is 4.18. The molecular formula is C17H18N2O2. The molecule has 2 aromatic carbocycles. The van der Waals surface area contributed by atoms with Gasteiger partial charge in [-0.3, -0.25) is 9.59 Å². The summed E-state index contributed by atoms with van der Waals surface area (Å²) in [6.45, 7) is 3.49. The van der Waals surface area contributed by atoms with Crippen molar-refractivity contribution in [3.8, 4) is 0 Å². The average Bonchev–Trinajstić information content (AvgIpc) is 2.48. The molecule has 0 aliphatic heterocycles. The second-order valence-electron chi connectivity index (χ2n) is 5.27. The molecule has 0 fully saturated rings. The van der Waals surface area contributed by atoms with E-state index in [4.69, 9.17) is 0 Å². The molecule has 0 atom stereocenters. The first-order valence-electron chi connectivity index (χ1n) is 6.73. The van der Waals surface area contributed by atoms with Gasteiger partial charge in [0.2, 0.25) is 0 Å². The lowest BCUT2D eigenvalue weighted by Crippen LogP contribution is -2.56. The molecule has 2 aromatic rings. The van der Waals surface area contributed by atoms with Gasteiger partial charge in [-0.15, -0.1) is 0 Å². The molecule has 0 aromatic heterocycles. The molecule has 2 rings (SSSR count). The predicted octanol–water partition coefficient (Wildman–Crippen LogP) is 2.58. The van der Waals surface area contributed by atoms with Crippen LogP contribution in [0.1, 0.15) is 34.6 Å². The summed E-state index contributed by atoms with van der Waals surface area (Å²) in [7, 11) is 0. The maximum absolute atomic E-state index is 12.1. The van der Waals surface area contributed by atoms with Gasteiger partial charge in [0.05, 0.1) is 0 Å². The molecule has 0 aliphatic rings. The van der Waals surface area contributed by atoms with Gasteiger partial charge in [0.25, 0.3) is 11.8 Å². The lowest BCUT2D eigenvalue weighted by atomic mass is 10.1. The highest BCUT2D eigenvalue weighted by Gasteiger charge is 2.23. The number of hydrogen-bond acceptors (Lipinski definition) is 2. The number of amides is 2. The maximum Gasteiger partial charge on any atom is 0.253 e. The normalized spacial score (nSPS) is 10.8. The molecular weight excluding hydrogens is 264 g/mol. The Hall–Kier alpha value is -2.62. The van der Waals surface area contributed by atoms with Gasteiger partial charge >= 0.3 is 0 Å². The maximum atomic E-state index is 12.1. The monoisotopic (exact) mass is 282 g/mol. The summed E-state index contributed by atoms with van der Waals surface area (Å²) < 4.78 is 0. The molecule has 0 saturated heterocycles. The van der Waals surface area contributed by atoms with Gasteiger partial charge < -0.3 is 10.6 Å². The summed E-state index contributed by atoms with van der Waals surface area (Å²) in [6.07, 6.45) is 0. The summed E-state index contributed by atoms with van der Waals surface area (Å²) >= 11 is 0. The van der Waals surface area contributed by atoms with Gasteiger partial charge in [-0.2, -0.15) is 0 Å². The zero-order valence-corrected chi connectivity index (χ0v) is 12.1. The van der Waals surface area contributed by atoms with Crippen LogP contribution in [0.25, 0.3) is 0 Å². The number of rotatable bonds is 4. The first-order chi connectivity index (χ1) is 9.98. The van der Waals surface area contributed by atoms with Gasteiger partial charge in [0.1, 0.15) is 5.66 Å². The molecule has 0 unspecified atom stereocenters. The Morgan fingerprint density at radius 2 is 1.05 bits per heavy atom. The van der Waals surface area contributed by atoms with Gasteiger partial charge in [0.15, 0.2) is 0 Å². The molecule has 108 valence electrons. The lowest BCUT2D eigenvalue weighted by molar-refractivity contribution is 0.0834. The molecule has 0 spiro atoms. The van der Waals surface area contributed by atoms with Gasteiger partial charge in [-0.05, 0) is 38.1 Å². The minimum atomic E-state index is -0.847. The van der Waals surface area contributed by atoms with Gasteiger partial charge in [-0.25, -0.2) is 0 Å². The molecule has 21 heavy (non-hydrogen) atoms. The molecule has 2 amide bonds. The molecule has 4 nitrogen and oxygen atoms in total. The van der Waals surface area contributed by atoms with E-state index in [9.17, 15) is 9.59 Å². The van der Waals surface area contributed by atoms with E-state index in [1.54, 1.807) is 62.4 Å². The number of carbonyl (C=O) groups excluding carboxylic acids is 2. The van der Waals surface area contributed by atoms with Crippen LogP contribution in [0, 0.1) is 0 Å². The van der Waals surface area contributed by atoms with E-state index in [2.05, 4.69) is 10.6 Å². The van der Waals surface area contributed by atoms with Crippen molar-refractivity contribution in [2.75, 3.05) is 0 Å². The predicted molar refractivity (Wildman–Crippen MR) is 81.9 cm³/mol. The molecule has 0 radical (unpaired) electrons. The van der Waals surface area contributed by atoms with Crippen LogP contribution in [0.5, 0.6) is 0 Å². The Morgan fingerprint density at radius 3 is 1.38 bits per heavy atom. The molecule has 2 N–H and O–H groups in total. The van der Waals surface area contributed by atoms with Gasteiger partial charge in [0, 0.05) is 11.1 Å². The number of hydrogen-bond donors (Lipinski definition) is 2. The Morgan fingerprint density at radius 1 is 0.714 bits per heavy atom. The third-order valence-corrected chi connectivity index (χ3v) is 2.92. The topological polar surface area (TPSA) is 58.2 Å². The summed E-state index contributed by atoms with van der Waals surface area (Å²) in [6, 6.07) is 17.8. The van der Waals surface area contributed by atoms with Crippen molar-refractivity contribution in [1.82, 2.24) is 10.6 Å². The van der Waals surface area contributed by atoms with Crippen LogP contribution in [0.2, 0.25) is 0 Å². The van der Waals surface area contributed by atoms with Crippen molar-refractivity contribution >= 4 is 11.8 Å². The quantitative estimate of drug-likeness (QED) is 0.847. The lowest BCUT2D eigenvalue weighted by Gasteiger charge is -2.27. The smallest absolute Gasteiger partial charge is 0.253 e. The minimum Gasteiger partial charge on any atom is -0.330 e. The van der Waals surface area contributed by atoms with E-state index in [0.29, 0.717) is 11.1 Å². The van der Waals surface area contributed by atoms with Crippen molar-refractivity contribution in [2.45, 2.75) is 19.5 Å². The number of nitrogens with one attached hydrogen (secondary N) is 2. The van der Waals surface area contributed by atoms with Crippen LogP contribution in [0.15, 0.2) is 60.7 Å². The molecule has 4 heteroatoms. The molecule has 0 bridgehead atoms. The van der Waals surface area contributed by atoms with E-state index >= 15 is 0 Å². The fraction of sp³-hybridized carbons (Fsp3) is 0.176. The van der Waals surface area contributed by atoms with E-state index in [1.165, 1.54) is 0 Å². The number of benzene rings is 2. The van der Waals surface area contributed by atoms with Crippen molar-refractivity contribution < 1.29 is 9.59 Å². The highest BCUT2D eigenvalue weighted by atomic mass is 16.2. The van der Waals surface area contributed by atoms with E-state index in [-0.39, 0.29) is 11.8 Å². The van der Waals surface area contributed by atoms with Crippen LogP contribution in [0.3, 0.4) is 0 Å². The van der Waals surface area contributed by atoms with Crippen LogP contribution in [-0.4, -0.2) is 17.5 Å². The first kappa shape index (κ1) is 14.8. The van der Waals surface area contributed by atoms with Crippen molar-refractivity contribution in [1.29, 1.82) is 0 Å². The molecule has 0 saturated carbocycles. The van der Waals surface area contributed by atoms with Crippen LogP contribution >= 0.6 is 0 Å². The molecule has 0 heterocycles. The summed E-state index contributed by atoms with van der Waals surface area (Å²) in [4.78, 5) is 24.2. The van der Waals surface area contributed by atoms with Crippen molar-refractivity contribution in [3.05, 3.63) is 71.8 Å². The second kappa shape index (κ2) is 6.22. The van der Waals surface area contributed by atoms with Crippen molar-refractivity contribution in [2.24, 2.45) is 0 Å². The zero-order chi connectivity index (χ0) is 15.3. The largest absolute Gasteiger partial charge is 0.330 e. The zero-order valence-electron chi connectivity index (χ0n) is 12.1. The highest BCUT2D eigenvalue weighted by Crippen LogP contribution is 2.05. The van der Waals surface area contributed by atoms with Crippen LogP contribution < -0.4 is 10.6 Å². The third-order valence-electron chi connectivity index (χ3n) is 2.92. The number of carbonyl (C=O) groups is 2. The highest BCUT2D eigenvalue weighted by molar-refractivity contribution is 5.97. The van der Waals surface area contributed by atoms with Gasteiger partial charge in [-0.1, -0.05) is 36.4 Å². The first-order valence-corrected chi connectivity index (χ1v) is 6.73. The Bertz CT molecular complexity index is 566. The SMILES string of the molecule is CC(C)(NC(=O)c1ccccc1)NC(=O)c1ccccc1. The van der Waals surface area contributed by atoms with Crippen LogP contribution in [0.4, 0.5) is 0 Å². The second-order valence-corrected chi connectivity index (χ2v) is 5.27. The fourth-order valence-electron chi connectivity index (χ4n) is 1.92. The van der Waals surface area contributed by atoms with Crippen LogP contribution in [-0.2, 0) is 0 Å². The fourth-order valence-corrected chi connectivity index (χ4v) is 1.92. The summed E-state index contributed by atoms with van der Waals surface area (Å²) in [5.41, 5.74) is 0.263. The summed E-state index contributed by atoms with van der Waals surface area (Å²) in [5.74, 6) is -0.456. The Balaban J connectivity index is 2.02. The standard InChI is InChI=1S/C17H18N2O2/c1-17(2,18-15(20)13-9-5-3-6-10-13)19-16(21)14-11-7-4-8-12-14/h3-12H,1-2H3,(H,18,20)(H,19,21). The van der Waals surface area contributed by atoms with E-state index < -0.39 is 5.66 Å². The van der Waals surface area contributed by atoms with E-state index in [0.717, 1.165) is 0 Å². The summed E-state index contributed by atoms with van der Waals surface area (Å²) in [5, 5.41) is 5.60. The average molecular weight is 282 g/mol. The van der Waals surface area contributed by atoms with E-state index in [1.807, 2.05) is 12.1 Å². The molecule has 0 aliphatic carbocycles. The minimum absolute atomic E-state index is 0.228. The Kier molecular flexibility index (Phi) is 4.38. The Labute approximate surface area is 124 Å².